The monoisotopic (exact) mass is 317 g/mol. The number of aliphatic imine (C=N–C) groups is 1. The number of hydrogen-bond donors (Lipinski definition) is 2. The molecule has 6 heteroatoms. The van der Waals surface area contributed by atoms with E-state index in [2.05, 4.69) is 15.6 Å². The van der Waals surface area contributed by atoms with Gasteiger partial charge >= 0.3 is 0 Å². The van der Waals surface area contributed by atoms with E-state index in [4.69, 9.17) is 27.9 Å². The summed E-state index contributed by atoms with van der Waals surface area (Å²) in [5.41, 5.74) is 0.980. The van der Waals surface area contributed by atoms with Crippen LogP contribution in [0.5, 0.6) is 0 Å². The van der Waals surface area contributed by atoms with E-state index < -0.39 is 0 Å². The van der Waals surface area contributed by atoms with Crippen LogP contribution in [0.3, 0.4) is 0 Å². The van der Waals surface area contributed by atoms with Crippen LogP contribution in [0.1, 0.15) is 25.5 Å². The zero-order valence-electron chi connectivity index (χ0n) is 12.0. The van der Waals surface area contributed by atoms with Crippen LogP contribution in [0.4, 0.5) is 0 Å². The summed E-state index contributed by atoms with van der Waals surface area (Å²) < 4.78 is 4.99. The summed E-state index contributed by atoms with van der Waals surface area (Å²) in [7, 11) is 1.66. The van der Waals surface area contributed by atoms with Gasteiger partial charge in [0.05, 0.1) is 19.2 Å². The summed E-state index contributed by atoms with van der Waals surface area (Å²) in [6.45, 7) is 6.03. The molecular weight excluding hydrogens is 297 g/mol. The molecule has 112 valence electrons. The highest BCUT2D eigenvalue weighted by Crippen LogP contribution is 2.25. The summed E-state index contributed by atoms with van der Waals surface area (Å²) >= 11 is 12.1. The number of benzene rings is 1. The van der Waals surface area contributed by atoms with Crippen molar-refractivity contribution in [3.05, 3.63) is 33.8 Å². The number of guanidine groups is 1. The zero-order valence-corrected chi connectivity index (χ0v) is 13.6. The predicted molar refractivity (Wildman–Crippen MR) is 85.9 cm³/mol. The number of halogens is 2. The third-order valence-electron chi connectivity index (χ3n) is 2.69. The van der Waals surface area contributed by atoms with Crippen molar-refractivity contribution < 1.29 is 4.74 Å². The van der Waals surface area contributed by atoms with Gasteiger partial charge in [0.2, 0.25) is 0 Å². The summed E-state index contributed by atoms with van der Waals surface area (Å²) in [6.07, 6.45) is 0. The molecule has 1 unspecified atom stereocenters. The van der Waals surface area contributed by atoms with Gasteiger partial charge in [-0.05, 0) is 31.5 Å². The Kier molecular flexibility index (Phi) is 7.73. The molecule has 1 aromatic carbocycles. The molecule has 1 aromatic rings. The minimum atomic E-state index is 0.0279. The molecule has 0 saturated heterocycles. The Bertz CT molecular complexity index is 452. The molecule has 0 radical (unpaired) electrons. The molecule has 4 nitrogen and oxygen atoms in total. The summed E-state index contributed by atoms with van der Waals surface area (Å²) in [5, 5.41) is 7.77. The predicted octanol–water partition coefficient (Wildman–Crippen LogP) is 3.26. The summed E-state index contributed by atoms with van der Waals surface area (Å²) in [4.78, 5) is 4.42. The lowest BCUT2D eigenvalue weighted by Gasteiger charge is -2.19. The highest BCUT2D eigenvalue weighted by Gasteiger charge is 2.11. The molecule has 0 fully saturated rings. The van der Waals surface area contributed by atoms with E-state index in [9.17, 15) is 0 Å². The third kappa shape index (κ3) is 5.57. The summed E-state index contributed by atoms with van der Waals surface area (Å²) in [6, 6.07) is 5.52. The van der Waals surface area contributed by atoms with Gasteiger partial charge in [-0.3, -0.25) is 4.99 Å². The Morgan fingerprint density at radius 2 is 2.15 bits per heavy atom. The maximum atomic E-state index is 6.21. The van der Waals surface area contributed by atoms with Crippen molar-refractivity contribution in [1.82, 2.24) is 10.6 Å². The van der Waals surface area contributed by atoms with Gasteiger partial charge in [-0.25, -0.2) is 0 Å². The fourth-order valence-corrected chi connectivity index (χ4v) is 2.28. The Labute approximate surface area is 130 Å². The smallest absolute Gasteiger partial charge is 0.191 e. The molecule has 0 aromatic heterocycles. The third-order valence-corrected chi connectivity index (χ3v) is 3.25. The van der Waals surface area contributed by atoms with Gasteiger partial charge in [-0.2, -0.15) is 0 Å². The van der Waals surface area contributed by atoms with Crippen molar-refractivity contribution in [3.8, 4) is 0 Å². The highest BCUT2D eigenvalue weighted by atomic mass is 35.5. The lowest BCUT2D eigenvalue weighted by atomic mass is 10.1. The second-order valence-corrected chi connectivity index (χ2v) is 5.13. The Morgan fingerprint density at radius 3 is 2.75 bits per heavy atom. The molecule has 1 atom stereocenters. The van der Waals surface area contributed by atoms with Crippen LogP contribution in [0.15, 0.2) is 23.2 Å². The van der Waals surface area contributed by atoms with Gasteiger partial charge in [0.15, 0.2) is 5.96 Å². The molecule has 0 bridgehead atoms. The van der Waals surface area contributed by atoms with E-state index >= 15 is 0 Å². The molecule has 1 rings (SSSR count). The first-order valence-corrected chi connectivity index (χ1v) is 7.32. The van der Waals surface area contributed by atoms with E-state index in [1.54, 1.807) is 13.2 Å². The largest absolute Gasteiger partial charge is 0.383 e. The van der Waals surface area contributed by atoms with Crippen LogP contribution in [0.25, 0.3) is 0 Å². The maximum absolute atomic E-state index is 6.21. The lowest BCUT2D eigenvalue weighted by Crippen LogP contribution is -2.39. The number of nitrogens with one attached hydrogen (secondary N) is 2. The van der Waals surface area contributed by atoms with Crippen molar-refractivity contribution in [2.75, 3.05) is 26.8 Å². The quantitative estimate of drug-likeness (QED) is 0.481. The fraction of sp³-hybridized carbons (Fsp3) is 0.500. The number of hydrogen-bond acceptors (Lipinski definition) is 2. The SMILES string of the molecule is CCNC(=NCCOC)NC(C)c1ccc(Cl)cc1Cl. The van der Waals surface area contributed by atoms with Crippen LogP contribution in [-0.4, -0.2) is 32.8 Å². The van der Waals surface area contributed by atoms with Crippen LogP contribution in [-0.2, 0) is 4.74 Å². The van der Waals surface area contributed by atoms with E-state index in [1.807, 2.05) is 26.0 Å². The molecule has 0 heterocycles. The van der Waals surface area contributed by atoms with Gasteiger partial charge in [0, 0.05) is 23.7 Å². The Morgan fingerprint density at radius 1 is 1.40 bits per heavy atom. The molecule has 0 amide bonds. The second kappa shape index (κ2) is 9.06. The normalized spacial score (nSPS) is 13.2. The average Bonchev–Trinajstić information content (AvgIpc) is 2.39. The molecule has 0 spiro atoms. The van der Waals surface area contributed by atoms with Gasteiger partial charge in [0.1, 0.15) is 0 Å². The van der Waals surface area contributed by atoms with Crippen LogP contribution in [0.2, 0.25) is 10.0 Å². The molecule has 20 heavy (non-hydrogen) atoms. The Hall–Kier alpha value is -0.970. The molecule has 2 N–H and O–H groups in total. The van der Waals surface area contributed by atoms with Crippen molar-refractivity contribution in [2.45, 2.75) is 19.9 Å². The molecule has 0 aliphatic heterocycles. The average molecular weight is 318 g/mol. The zero-order chi connectivity index (χ0) is 15.0. The second-order valence-electron chi connectivity index (χ2n) is 4.29. The van der Waals surface area contributed by atoms with Crippen molar-refractivity contribution in [1.29, 1.82) is 0 Å². The first-order chi connectivity index (χ1) is 9.58. The summed E-state index contributed by atoms with van der Waals surface area (Å²) in [5.74, 6) is 0.739. The number of methoxy groups -OCH3 is 1. The lowest BCUT2D eigenvalue weighted by molar-refractivity contribution is 0.208. The number of ether oxygens (including phenoxy) is 1. The number of nitrogens with zero attached hydrogens (tertiary/aromatic N) is 1. The van der Waals surface area contributed by atoms with E-state index in [0.29, 0.717) is 23.2 Å². The van der Waals surface area contributed by atoms with Crippen molar-refractivity contribution in [2.24, 2.45) is 4.99 Å². The molecule has 0 saturated carbocycles. The van der Waals surface area contributed by atoms with E-state index in [1.165, 1.54) is 0 Å². The van der Waals surface area contributed by atoms with Crippen molar-refractivity contribution in [3.63, 3.8) is 0 Å². The van der Waals surface area contributed by atoms with Crippen LogP contribution in [0, 0.1) is 0 Å². The van der Waals surface area contributed by atoms with Crippen LogP contribution >= 0.6 is 23.2 Å². The number of rotatable bonds is 6. The van der Waals surface area contributed by atoms with Crippen LogP contribution < -0.4 is 10.6 Å². The standard InChI is InChI=1S/C14H21Cl2N3O/c1-4-17-14(18-7-8-20-3)19-10(2)12-6-5-11(15)9-13(12)16/h5-6,9-10H,4,7-8H2,1-3H3,(H2,17,18,19). The minimum absolute atomic E-state index is 0.0279. The topological polar surface area (TPSA) is 45.7 Å². The van der Waals surface area contributed by atoms with Gasteiger partial charge in [0.25, 0.3) is 0 Å². The first kappa shape index (κ1) is 17.1. The highest BCUT2D eigenvalue weighted by molar-refractivity contribution is 6.35. The first-order valence-electron chi connectivity index (χ1n) is 6.57. The minimum Gasteiger partial charge on any atom is -0.383 e. The van der Waals surface area contributed by atoms with E-state index in [0.717, 1.165) is 18.1 Å². The van der Waals surface area contributed by atoms with Gasteiger partial charge < -0.3 is 15.4 Å². The Balaban J connectivity index is 2.74. The fourth-order valence-electron chi connectivity index (χ4n) is 1.70. The van der Waals surface area contributed by atoms with E-state index in [-0.39, 0.29) is 6.04 Å². The van der Waals surface area contributed by atoms with Crippen molar-refractivity contribution >= 4 is 29.2 Å². The molecule has 0 aliphatic rings. The maximum Gasteiger partial charge on any atom is 0.191 e. The van der Waals surface area contributed by atoms with Gasteiger partial charge in [-0.15, -0.1) is 0 Å². The van der Waals surface area contributed by atoms with Gasteiger partial charge in [-0.1, -0.05) is 29.3 Å². The molecule has 0 aliphatic carbocycles. The molecular formula is C14H21Cl2N3O.